The van der Waals surface area contributed by atoms with E-state index in [-0.39, 0.29) is 0 Å². The molecular formula is C8H18N2. The molecule has 1 unspecified atom stereocenters. The molecule has 0 saturated carbocycles. The Morgan fingerprint density at radius 1 is 1.50 bits per heavy atom. The maximum atomic E-state index is 3.55. The van der Waals surface area contributed by atoms with E-state index in [1.165, 1.54) is 19.5 Å². The van der Waals surface area contributed by atoms with Gasteiger partial charge in [0.25, 0.3) is 0 Å². The van der Waals surface area contributed by atoms with Crippen molar-refractivity contribution in [3.05, 3.63) is 0 Å². The molecule has 10 heavy (non-hydrogen) atoms. The van der Waals surface area contributed by atoms with E-state index in [0.29, 0.717) is 12.1 Å². The summed E-state index contributed by atoms with van der Waals surface area (Å²) in [5.41, 5.74) is 0. The number of rotatable bonds is 1. The Kier molecular flexibility index (Phi) is 2.69. The van der Waals surface area contributed by atoms with E-state index >= 15 is 0 Å². The Hall–Kier alpha value is -0.0800. The van der Waals surface area contributed by atoms with Crippen LogP contribution < -0.4 is 5.32 Å². The number of nitrogens with one attached hydrogen (secondary N) is 1. The second-order valence-corrected chi connectivity index (χ2v) is 3.39. The molecule has 1 saturated heterocycles. The second-order valence-electron chi connectivity index (χ2n) is 3.39. The van der Waals surface area contributed by atoms with Gasteiger partial charge in [-0.15, -0.1) is 0 Å². The summed E-state index contributed by atoms with van der Waals surface area (Å²) < 4.78 is 0. The summed E-state index contributed by atoms with van der Waals surface area (Å²) in [4.78, 5) is 2.40. The summed E-state index contributed by atoms with van der Waals surface area (Å²) in [6.45, 7) is 6.89. The third-order valence-electron chi connectivity index (χ3n) is 2.13. The van der Waals surface area contributed by atoms with Crippen molar-refractivity contribution in [2.75, 3.05) is 20.1 Å². The third-order valence-corrected chi connectivity index (χ3v) is 2.13. The molecule has 0 bridgehead atoms. The van der Waals surface area contributed by atoms with Gasteiger partial charge in [0.05, 0.1) is 0 Å². The van der Waals surface area contributed by atoms with E-state index in [1.54, 1.807) is 0 Å². The molecule has 0 amide bonds. The summed E-state index contributed by atoms with van der Waals surface area (Å²) >= 11 is 0. The molecule has 1 fully saturated rings. The molecule has 1 rings (SSSR count). The van der Waals surface area contributed by atoms with Gasteiger partial charge in [-0.2, -0.15) is 0 Å². The average Bonchev–Trinajstić information content (AvgIpc) is 1.85. The largest absolute Gasteiger partial charge is 0.309 e. The van der Waals surface area contributed by atoms with Crippen LogP contribution in [0.15, 0.2) is 0 Å². The van der Waals surface area contributed by atoms with Crippen molar-refractivity contribution in [3.63, 3.8) is 0 Å². The zero-order valence-electron chi connectivity index (χ0n) is 7.22. The zero-order valence-corrected chi connectivity index (χ0v) is 7.22. The van der Waals surface area contributed by atoms with Crippen LogP contribution in [0.3, 0.4) is 0 Å². The lowest BCUT2D eigenvalue weighted by Gasteiger charge is -2.34. The van der Waals surface area contributed by atoms with E-state index in [4.69, 9.17) is 0 Å². The van der Waals surface area contributed by atoms with Crippen molar-refractivity contribution in [2.45, 2.75) is 32.4 Å². The third kappa shape index (κ3) is 1.96. The Labute approximate surface area is 63.6 Å². The first kappa shape index (κ1) is 8.02. The first-order valence-corrected chi connectivity index (χ1v) is 4.17. The highest BCUT2D eigenvalue weighted by Crippen LogP contribution is 2.03. The number of piperazine rings is 1. The number of nitrogens with zero attached hydrogens (tertiary/aromatic N) is 1. The molecule has 60 valence electrons. The smallest absolute Gasteiger partial charge is 0.0195 e. The molecule has 1 aliphatic rings. The monoisotopic (exact) mass is 142 g/mol. The Bertz CT molecular complexity index is 93.4. The summed E-state index contributed by atoms with van der Waals surface area (Å²) in [5, 5.41) is 3.55. The SMILES string of the molecule is CCC1CN(C)C[C@@H](C)N1. The van der Waals surface area contributed by atoms with Gasteiger partial charge in [-0.05, 0) is 20.4 Å². The van der Waals surface area contributed by atoms with Gasteiger partial charge in [-0.25, -0.2) is 0 Å². The van der Waals surface area contributed by atoms with Crippen molar-refractivity contribution in [2.24, 2.45) is 0 Å². The van der Waals surface area contributed by atoms with E-state index in [9.17, 15) is 0 Å². The van der Waals surface area contributed by atoms with Gasteiger partial charge in [0.15, 0.2) is 0 Å². The molecule has 1 heterocycles. The van der Waals surface area contributed by atoms with Gasteiger partial charge in [0.1, 0.15) is 0 Å². The molecule has 1 aliphatic heterocycles. The van der Waals surface area contributed by atoms with Crippen LogP contribution in [0.4, 0.5) is 0 Å². The first-order valence-electron chi connectivity index (χ1n) is 4.17. The number of likely N-dealkylation sites (N-methyl/N-ethyl adjacent to an activating group) is 1. The van der Waals surface area contributed by atoms with E-state index in [2.05, 4.69) is 31.1 Å². The maximum absolute atomic E-state index is 3.55. The first-order chi connectivity index (χ1) is 4.72. The molecule has 0 aromatic carbocycles. The molecule has 2 heteroatoms. The lowest BCUT2D eigenvalue weighted by Crippen LogP contribution is -2.53. The quantitative estimate of drug-likeness (QED) is 0.579. The van der Waals surface area contributed by atoms with Crippen molar-refractivity contribution in [3.8, 4) is 0 Å². The van der Waals surface area contributed by atoms with Crippen LogP contribution in [-0.2, 0) is 0 Å². The maximum Gasteiger partial charge on any atom is 0.0195 e. The summed E-state index contributed by atoms with van der Waals surface area (Å²) in [6.07, 6.45) is 1.24. The number of hydrogen-bond donors (Lipinski definition) is 1. The number of hydrogen-bond acceptors (Lipinski definition) is 2. The van der Waals surface area contributed by atoms with Crippen molar-refractivity contribution >= 4 is 0 Å². The molecule has 0 spiro atoms. The zero-order chi connectivity index (χ0) is 7.56. The van der Waals surface area contributed by atoms with Gasteiger partial charge in [-0.3, -0.25) is 0 Å². The Balaban J connectivity index is 2.35. The summed E-state index contributed by atoms with van der Waals surface area (Å²) in [5.74, 6) is 0. The van der Waals surface area contributed by atoms with Crippen LogP contribution in [0.2, 0.25) is 0 Å². The normalized spacial score (nSPS) is 36.3. The molecule has 1 N–H and O–H groups in total. The van der Waals surface area contributed by atoms with Crippen LogP contribution in [-0.4, -0.2) is 37.1 Å². The highest BCUT2D eigenvalue weighted by atomic mass is 15.2. The van der Waals surface area contributed by atoms with Gasteiger partial charge in [0.2, 0.25) is 0 Å². The van der Waals surface area contributed by atoms with E-state index in [1.807, 2.05) is 0 Å². The molecule has 0 aromatic heterocycles. The Morgan fingerprint density at radius 2 is 2.20 bits per heavy atom. The van der Waals surface area contributed by atoms with Crippen LogP contribution in [0.25, 0.3) is 0 Å². The molecule has 0 radical (unpaired) electrons. The lowest BCUT2D eigenvalue weighted by molar-refractivity contribution is 0.196. The lowest BCUT2D eigenvalue weighted by atomic mass is 10.1. The van der Waals surface area contributed by atoms with E-state index < -0.39 is 0 Å². The van der Waals surface area contributed by atoms with Gasteiger partial charge in [0, 0.05) is 25.2 Å². The Morgan fingerprint density at radius 3 is 2.70 bits per heavy atom. The minimum atomic E-state index is 0.670. The minimum Gasteiger partial charge on any atom is -0.309 e. The topological polar surface area (TPSA) is 15.3 Å². The summed E-state index contributed by atoms with van der Waals surface area (Å²) in [7, 11) is 2.19. The van der Waals surface area contributed by atoms with Crippen molar-refractivity contribution < 1.29 is 0 Å². The summed E-state index contributed by atoms with van der Waals surface area (Å²) in [6, 6.07) is 1.39. The molecule has 0 aromatic rings. The van der Waals surface area contributed by atoms with Gasteiger partial charge < -0.3 is 10.2 Å². The van der Waals surface area contributed by atoms with Crippen LogP contribution in [0.5, 0.6) is 0 Å². The van der Waals surface area contributed by atoms with Gasteiger partial charge in [-0.1, -0.05) is 6.92 Å². The fraction of sp³-hybridized carbons (Fsp3) is 1.00. The molecule has 2 atom stereocenters. The highest BCUT2D eigenvalue weighted by Gasteiger charge is 2.18. The van der Waals surface area contributed by atoms with Crippen LogP contribution >= 0.6 is 0 Å². The predicted molar refractivity (Wildman–Crippen MR) is 44.2 cm³/mol. The standard InChI is InChI=1S/C8H18N2/c1-4-8-6-10(3)5-7(2)9-8/h7-9H,4-6H2,1-3H3/t7-,8?/m1/s1. The van der Waals surface area contributed by atoms with Crippen molar-refractivity contribution in [1.29, 1.82) is 0 Å². The predicted octanol–water partition coefficient (Wildman–Crippen LogP) is 0.689. The second kappa shape index (κ2) is 3.35. The minimum absolute atomic E-state index is 0.670. The molecule has 2 nitrogen and oxygen atoms in total. The fourth-order valence-electron chi connectivity index (χ4n) is 1.67. The molecule has 0 aliphatic carbocycles. The fourth-order valence-corrected chi connectivity index (χ4v) is 1.67. The van der Waals surface area contributed by atoms with E-state index in [0.717, 1.165) is 0 Å². The molecular weight excluding hydrogens is 124 g/mol. The van der Waals surface area contributed by atoms with Crippen LogP contribution in [0, 0.1) is 0 Å². The highest BCUT2D eigenvalue weighted by molar-refractivity contribution is 4.80. The van der Waals surface area contributed by atoms with Crippen molar-refractivity contribution in [1.82, 2.24) is 10.2 Å². The average molecular weight is 142 g/mol. The van der Waals surface area contributed by atoms with Gasteiger partial charge >= 0.3 is 0 Å². The van der Waals surface area contributed by atoms with Crippen LogP contribution in [0.1, 0.15) is 20.3 Å².